The number of carbonyl (C=O) groups excluding carboxylic acids is 1. The second kappa shape index (κ2) is 10.1. The average molecular weight is 482 g/mol. The van der Waals surface area contributed by atoms with Gasteiger partial charge in [0.1, 0.15) is 5.75 Å². The minimum atomic E-state index is -3.58. The Balaban J connectivity index is 1.61. The van der Waals surface area contributed by atoms with Crippen molar-refractivity contribution in [2.24, 2.45) is 0 Å². The van der Waals surface area contributed by atoms with Gasteiger partial charge >= 0.3 is 0 Å². The Bertz CT molecular complexity index is 1340. The third kappa shape index (κ3) is 5.55. The molecule has 9 heteroatoms. The summed E-state index contributed by atoms with van der Waals surface area (Å²) in [6.07, 6.45) is 1.49. The summed E-state index contributed by atoms with van der Waals surface area (Å²) in [6.45, 7) is 2.67. The highest BCUT2D eigenvalue weighted by molar-refractivity contribution is 7.91. The predicted molar refractivity (Wildman–Crippen MR) is 129 cm³/mol. The molecular weight excluding hydrogens is 458 g/mol. The second-order valence-corrected chi connectivity index (χ2v) is 10.4. The molecule has 7 nitrogen and oxygen atoms in total. The van der Waals surface area contributed by atoms with Crippen LogP contribution in [0.15, 0.2) is 77.8 Å². The molecule has 2 aromatic heterocycles. The first-order valence-electron chi connectivity index (χ1n) is 10.5. The zero-order valence-corrected chi connectivity index (χ0v) is 19.7. The molecule has 0 bridgehead atoms. The summed E-state index contributed by atoms with van der Waals surface area (Å²) in [5.41, 5.74) is 1.43. The molecule has 2 aromatic carbocycles. The second-order valence-electron chi connectivity index (χ2n) is 7.24. The first-order valence-corrected chi connectivity index (χ1v) is 12.9. The molecule has 0 N–H and O–H groups in total. The van der Waals surface area contributed by atoms with Crippen molar-refractivity contribution in [1.82, 2.24) is 9.97 Å². The first-order chi connectivity index (χ1) is 16.0. The van der Waals surface area contributed by atoms with Crippen LogP contribution in [0, 0.1) is 0 Å². The van der Waals surface area contributed by atoms with Gasteiger partial charge in [-0.1, -0.05) is 35.6 Å². The number of sulfone groups is 1. The van der Waals surface area contributed by atoms with Crippen LogP contribution in [0.2, 0.25) is 0 Å². The van der Waals surface area contributed by atoms with Crippen molar-refractivity contribution >= 4 is 42.4 Å². The predicted octanol–water partition coefficient (Wildman–Crippen LogP) is 4.49. The molecular formula is C24H23N3O4S2. The lowest BCUT2D eigenvalue weighted by Gasteiger charge is -2.19. The maximum atomic E-state index is 13.2. The van der Waals surface area contributed by atoms with Crippen LogP contribution in [0.5, 0.6) is 5.75 Å². The molecule has 0 saturated carbocycles. The molecule has 0 aliphatic rings. The molecule has 0 fully saturated rings. The molecule has 1 amide bonds. The van der Waals surface area contributed by atoms with Crippen molar-refractivity contribution < 1.29 is 17.9 Å². The third-order valence-corrected chi connectivity index (χ3v) is 7.70. The lowest BCUT2D eigenvalue weighted by atomic mass is 10.3. The number of amides is 1. The van der Waals surface area contributed by atoms with Gasteiger partial charge < -0.3 is 4.74 Å². The monoisotopic (exact) mass is 481 g/mol. The summed E-state index contributed by atoms with van der Waals surface area (Å²) >= 11 is 1.36. The standard InChI is InChI=1S/C24H23N3O4S2/c1-2-31-19-11-12-21-22(16-19)32-24(26-21)27(17-18-8-6-7-14-25-18)23(28)13-15-33(29,30)20-9-4-3-5-10-20/h3-12,14,16H,2,13,15,17H2,1H3. The highest BCUT2D eigenvalue weighted by Gasteiger charge is 2.24. The molecule has 0 saturated heterocycles. The molecule has 0 atom stereocenters. The fourth-order valence-electron chi connectivity index (χ4n) is 3.28. The molecule has 4 rings (SSSR count). The van der Waals surface area contributed by atoms with Crippen molar-refractivity contribution in [2.45, 2.75) is 24.8 Å². The number of anilines is 1. The number of hydrogen-bond donors (Lipinski definition) is 0. The Morgan fingerprint density at radius 2 is 1.85 bits per heavy atom. The number of nitrogens with zero attached hydrogens (tertiary/aromatic N) is 3. The van der Waals surface area contributed by atoms with E-state index in [2.05, 4.69) is 9.97 Å². The Labute approximate surface area is 196 Å². The number of hydrogen-bond acceptors (Lipinski definition) is 7. The maximum Gasteiger partial charge on any atom is 0.230 e. The number of benzene rings is 2. The number of thiazole rings is 1. The molecule has 0 aliphatic carbocycles. The van der Waals surface area contributed by atoms with Crippen LogP contribution >= 0.6 is 11.3 Å². The Kier molecular flexibility index (Phi) is 7.00. The van der Waals surface area contributed by atoms with E-state index < -0.39 is 9.84 Å². The van der Waals surface area contributed by atoms with E-state index in [4.69, 9.17) is 4.74 Å². The van der Waals surface area contributed by atoms with Crippen LogP contribution in [0.4, 0.5) is 5.13 Å². The van der Waals surface area contributed by atoms with Gasteiger partial charge in [0.2, 0.25) is 5.91 Å². The number of ether oxygens (including phenoxy) is 1. The van der Waals surface area contributed by atoms with Crippen molar-refractivity contribution in [3.05, 3.63) is 78.6 Å². The molecule has 2 heterocycles. The molecule has 33 heavy (non-hydrogen) atoms. The number of aromatic nitrogens is 2. The highest BCUT2D eigenvalue weighted by atomic mass is 32.2. The normalized spacial score (nSPS) is 11.4. The molecule has 0 radical (unpaired) electrons. The van der Waals surface area contributed by atoms with Crippen LogP contribution < -0.4 is 9.64 Å². The minimum Gasteiger partial charge on any atom is -0.494 e. The lowest BCUT2D eigenvalue weighted by molar-refractivity contribution is -0.118. The smallest absolute Gasteiger partial charge is 0.230 e. The largest absolute Gasteiger partial charge is 0.494 e. The summed E-state index contributed by atoms with van der Waals surface area (Å²) in [5.74, 6) is 0.120. The van der Waals surface area contributed by atoms with Crippen LogP contribution in [0.1, 0.15) is 19.0 Å². The highest BCUT2D eigenvalue weighted by Crippen LogP contribution is 2.32. The van der Waals surface area contributed by atoms with Gasteiger partial charge in [0.15, 0.2) is 15.0 Å². The van der Waals surface area contributed by atoms with E-state index in [0.29, 0.717) is 17.4 Å². The summed E-state index contributed by atoms with van der Waals surface area (Å²) in [7, 11) is -3.58. The summed E-state index contributed by atoms with van der Waals surface area (Å²) in [4.78, 5) is 23.9. The third-order valence-electron chi connectivity index (χ3n) is 4.92. The van der Waals surface area contributed by atoms with Crippen LogP contribution in [0.25, 0.3) is 10.2 Å². The lowest BCUT2D eigenvalue weighted by Crippen LogP contribution is -2.32. The molecule has 170 valence electrons. The van der Waals surface area contributed by atoms with E-state index >= 15 is 0 Å². The van der Waals surface area contributed by atoms with Crippen molar-refractivity contribution in [1.29, 1.82) is 0 Å². The van der Waals surface area contributed by atoms with Crippen LogP contribution in [-0.2, 0) is 21.2 Å². The van der Waals surface area contributed by atoms with E-state index in [1.54, 1.807) is 30.5 Å². The molecule has 0 aliphatic heterocycles. The summed E-state index contributed by atoms with van der Waals surface area (Å²) < 4.78 is 31.8. The number of pyridine rings is 1. The molecule has 0 spiro atoms. The summed E-state index contributed by atoms with van der Waals surface area (Å²) in [5, 5.41) is 0.492. The van der Waals surface area contributed by atoms with Gasteiger partial charge in [-0.25, -0.2) is 13.4 Å². The van der Waals surface area contributed by atoms with E-state index in [1.807, 2.05) is 37.3 Å². The van der Waals surface area contributed by atoms with Crippen molar-refractivity contribution in [2.75, 3.05) is 17.3 Å². The number of rotatable bonds is 9. The maximum absolute atomic E-state index is 13.2. The quantitative estimate of drug-likeness (QED) is 0.350. The molecule has 4 aromatic rings. The summed E-state index contributed by atoms with van der Waals surface area (Å²) in [6, 6.07) is 19.2. The van der Waals surface area contributed by atoms with Gasteiger partial charge in [-0.2, -0.15) is 0 Å². The van der Waals surface area contributed by atoms with Gasteiger partial charge in [0, 0.05) is 12.6 Å². The van der Waals surface area contributed by atoms with Crippen molar-refractivity contribution in [3.63, 3.8) is 0 Å². The first kappa shape index (κ1) is 22.9. The topological polar surface area (TPSA) is 89.5 Å². The fourth-order valence-corrected chi connectivity index (χ4v) is 5.54. The van der Waals surface area contributed by atoms with Crippen LogP contribution in [0.3, 0.4) is 0 Å². The Morgan fingerprint density at radius 1 is 1.06 bits per heavy atom. The van der Waals surface area contributed by atoms with Crippen molar-refractivity contribution in [3.8, 4) is 5.75 Å². The van der Waals surface area contributed by atoms with Gasteiger partial charge in [-0.15, -0.1) is 0 Å². The van der Waals surface area contributed by atoms with E-state index in [-0.39, 0.29) is 29.5 Å². The Morgan fingerprint density at radius 3 is 2.58 bits per heavy atom. The fraction of sp³-hybridized carbons (Fsp3) is 0.208. The van der Waals surface area contributed by atoms with E-state index in [1.165, 1.54) is 28.4 Å². The minimum absolute atomic E-state index is 0.163. The SMILES string of the molecule is CCOc1ccc2nc(N(Cc3ccccn3)C(=O)CCS(=O)(=O)c3ccccc3)sc2c1. The zero-order valence-electron chi connectivity index (χ0n) is 18.0. The number of fused-ring (bicyclic) bond motifs is 1. The van der Waals surface area contributed by atoms with Gasteiger partial charge in [0.25, 0.3) is 0 Å². The number of carbonyl (C=O) groups is 1. The Hall–Kier alpha value is -3.30. The van der Waals surface area contributed by atoms with E-state index in [9.17, 15) is 13.2 Å². The average Bonchev–Trinajstić information content (AvgIpc) is 3.25. The van der Waals surface area contributed by atoms with E-state index in [0.717, 1.165) is 16.0 Å². The van der Waals surface area contributed by atoms with Gasteiger partial charge in [-0.3, -0.25) is 14.7 Å². The van der Waals surface area contributed by atoms with Gasteiger partial charge in [0.05, 0.1) is 39.7 Å². The van der Waals surface area contributed by atoms with Crippen LogP contribution in [-0.4, -0.2) is 36.7 Å². The van der Waals surface area contributed by atoms with Gasteiger partial charge in [-0.05, 0) is 49.4 Å². The molecule has 0 unspecified atom stereocenters. The zero-order chi connectivity index (χ0) is 23.3.